The van der Waals surface area contributed by atoms with Crippen molar-refractivity contribution in [2.45, 2.75) is 13.0 Å². The molecule has 0 bridgehead atoms. The molecule has 2 heterocycles. The fraction of sp³-hybridized carbons (Fsp3) is 0.353. The Morgan fingerprint density at radius 2 is 1.82 bits per heavy atom. The molecule has 116 valence electrons. The number of halogens is 2. The third-order valence-corrected chi connectivity index (χ3v) is 4.25. The molecule has 0 radical (unpaired) electrons. The highest BCUT2D eigenvalue weighted by Gasteiger charge is 2.24. The Balaban J connectivity index is 1.66. The van der Waals surface area contributed by atoms with Crippen molar-refractivity contribution < 1.29 is 8.78 Å². The van der Waals surface area contributed by atoms with Crippen molar-refractivity contribution in [2.24, 2.45) is 0 Å². The van der Waals surface area contributed by atoms with Crippen molar-refractivity contribution in [1.82, 2.24) is 9.88 Å². The Bertz CT molecular complexity index is 625. The van der Waals surface area contributed by atoms with Gasteiger partial charge in [0.15, 0.2) is 0 Å². The standard InChI is InChI=1S/C17H19F2N3/c1-13(15-6-5-14(18)12-16(15)19)21-8-10-22(11-9-21)17-4-2-3-7-20-17/h2-7,12-13H,8-11H2,1H3. The van der Waals surface area contributed by atoms with Crippen LogP contribution in [0.5, 0.6) is 0 Å². The van der Waals surface area contributed by atoms with Crippen molar-refractivity contribution in [1.29, 1.82) is 0 Å². The maximum atomic E-state index is 13.9. The van der Waals surface area contributed by atoms with E-state index in [1.807, 2.05) is 25.1 Å². The van der Waals surface area contributed by atoms with Gasteiger partial charge in [0.2, 0.25) is 0 Å². The minimum atomic E-state index is -0.534. The lowest BCUT2D eigenvalue weighted by atomic mass is 10.1. The van der Waals surface area contributed by atoms with Gasteiger partial charge in [0, 0.05) is 50.0 Å². The molecular weight excluding hydrogens is 284 g/mol. The maximum Gasteiger partial charge on any atom is 0.130 e. The summed E-state index contributed by atoms with van der Waals surface area (Å²) in [6.45, 7) is 5.32. The molecule has 1 unspecified atom stereocenters. The van der Waals surface area contributed by atoms with Crippen molar-refractivity contribution >= 4 is 5.82 Å². The van der Waals surface area contributed by atoms with Gasteiger partial charge in [-0.25, -0.2) is 13.8 Å². The lowest BCUT2D eigenvalue weighted by Gasteiger charge is -2.38. The topological polar surface area (TPSA) is 19.4 Å². The summed E-state index contributed by atoms with van der Waals surface area (Å²) in [7, 11) is 0. The van der Waals surface area contributed by atoms with Gasteiger partial charge in [0.25, 0.3) is 0 Å². The zero-order chi connectivity index (χ0) is 15.5. The minimum absolute atomic E-state index is 0.0634. The maximum absolute atomic E-state index is 13.9. The summed E-state index contributed by atoms with van der Waals surface area (Å²) in [5.74, 6) is -0.0316. The van der Waals surface area contributed by atoms with E-state index in [1.165, 1.54) is 6.07 Å². The van der Waals surface area contributed by atoms with E-state index >= 15 is 0 Å². The Hall–Kier alpha value is -2.01. The number of aromatic nitrogens is 1. The quantitative estimate of drug-likeness (QED) is 0.868. The van der Waals surface area contributed by atoms with Gasteiger partial charge in [-0.15, -0.1) is 0 Å². The molecule has 0 amide bonds. The smallest absolute Gasteiger partial charge is 0.130 e. The Morgan fingerprint density at radius 3 is 2.45 bits per heavy atom. The lowest BCUT2D eigenvalue weighted by Crippen LogP contribution is -2.47. The van der Waals surface area contributed by atoms with E-state index < -0.39 is 11.6 Å². The van der Waals surface area contributed by atoms with Gasteiger partial charge in [-0.2, -0.15) is 0 Å². The number of rotatable bonds is 3. The van der Waals surface area contributed by atoms with Gasteiger partial charge in [0.05, 0.1) is 0 Å². The minimum Gasteiger partial charge on any atom is -0.354 e. The van der Waals surface area contributed by atoms with E-state index in [4.69, 9.17) is 0 Å². The number of piperazine rings is 1. The summed E-state index contributed by atoms with van der Waals surface area (Å²) < 4.78 is 26.9. The highest BCUT2D eigenvalue weighted by atomic mass is 19.1. The van der Waals surface area contributed by atoms with Crippen LogP contribution in [-0.2, 0) is 0 Å². The predicted molar refractivity (Wildman–Crippen MR) is 82.8 cm³/mol. The zero-order valence-electron chi connectivity index (χ0n) is 12.5. The second kappa shape index (κ2) is 6.40. The summed E-state index contributed by atoms with van der Waals surface area (Å²) in [4.78, 5) is 8.80. The first kappa shape index (κ1) is 14.9. The second-order valence-corrected chi connectivity index (χ2v) is 5.55. The lowest BCUT2D eigenvalue weighted by molar-refractivity contribution is 0.194. The summed E-state index contributed by atoms with van der Waals surface area (Å²) >= 11 is 0. The average Bonchev–Trinajstić information content (AvgIpc) is 2.55. The van der Waals surface area contributed by atoms with Crippen LogP contribution in [0.15, 0.2) is 42.6 Å². The van der Waals surface area contributed by atoms with E-state index in [-0.39, 0.29) is 6.04 Å². The fourth-order valence-electron chi connectivity index (χ4n) is 2.92. The van der Waals surface area contributed by atoms with Crippen LogP contribution in [0.3, 0.4) is 0 Å². The van der Waals surface area contributed by atoms with Gasteiger partial charge in [-0.3, -0.25) is 4.90 Å². The third kappa shape index (κ3) is 3.09. The molecule has 0 N–H and O–H groups in total. The molecule has 0 saturated carbocycles. The van der Waals surface area contributed by atoms with E-state index in [9.17, 15) is 8.78 Å². The molecule has 1 fully saturated rings. The van der Waals surface area contributed by atoms with Crippen LogP contribution < -0.4 is 4.90 Å². The highest BCUT2D eigenvalue weighted by molar-refractivity contribution is 5.38. The molecule has 1 aromatic heterocycles. The molecule has 3 nitrogen and oxygen atoms in total. The second-order valence-electron chi connectivity index (χ2n) is 5.55. The largest absolute Gasteiger partial charge is 0.354 e. The highest BCUT2D eigenvalue weighted by Crippen LogP contribution is 2.25. The molecule has 2 aromatic rings. The van der Waals surface area contributed by atoms with Gasteiger partial charge in [-0.05, 0) is 25.1 Å². The predicted octanol–water partition coefficient (Wildman–Crippen LogP) is 3.24. The normalized spacial score (nSPS) is 17.5. The summed E-state index contributed by atoms with van der Waals surface area (Å²) in [5, 5.41) is 0. The number of anilines is 1. The monoisotopic (exact) mass is 303 g/mol. The molecule has 1 aliphatic heterocycles. The molecule has 22 heavy (non-hydrogen) atoms. The van der Waals surface area contributed by atoms with Crippen molar-refractivity contribution in [3.05, 3.63) is 59.8 Å². The fourth-order valence-corrected chi connectivity index (χ4v) is 2.92. The number of hydrogen-bond acceptors (Lipinski definition) is 3. The molecule has 3 rings (SSSR count). The van der Waals surface area contributed by atoms with Gasteiger partial charge < -0.3 is 4.90 Å². The molecular formula is C17H19F2N3. The van der Waals surface area contributed by atoms with Crippen molar-refractivity contribution in [3.63, 3.8) is 0 Å². The summed E-state index contributed by atoms with van der Waals surface area (Å²) in [5.41, 5.74) is 0.549. The van der Waals surface area contributed by atoms with E-state index in [0.717, 1.165) is 38.1 Å². The van der Waals surface area contributed by atoms with Crippen LogP contribution in [0.2, 0.25) is 0 Å². The van der Waals surface area contributed by atoms with E-state index in [2.05, 4.69) is 14.8 Å². The van der Waals surface area contributed by atoms with E-state index in [0.29, 0.717) is 5.56 Å². The first-order valence-electron chi connectivity index (χ1n) is 7.50. The molecule has 0 aliphatic carbocycles. The van der Waals surface area contributed by atoms with Crippen molar-refractivity contribution in [3.8, 4) is 0 Å². The number of pyridine rings is 1. The van der Waals surface area contributed by atoms with Crippen LogP contribution >= 0.6 is 0 Å². The first-order chi connectivity index (χ1) is 10.6. The molecule has 1 atom stereocenters. The third-order valence-electron chi connectivity index (χ3n) is 4.25. The Kier molecular flexibility index (Phi) is 4.34. The average molecular weight is 303 g/mol. The summed E-state index contributed by atoms with van der Waals surface area (Å²) in [6.07, 6.45) is 1.79. The molecule has 1 saturated heterocycles. The van der Waals surface area contributed by atoms with Crippen LogP contribution in [-0.4, -0.2) is 36.1 Å². The molecule has 1 aromatic carbocycles. The Morgan fingerprint density at radius 1 is 1.05 bits per heavy atom. The Labute approximate surface area is 129 Å². The summed E-state index contributed by atoms with van der Waals surface area (Å²) in [6, 6.07) is 9.63. The first-order valence-corrected chi connectivity index (χ1v) is 7.50. The SMILES string of the molecule is CC(c1ccc(F)cc1F)N1CCN(c2ccccn2)CC1. The van der Waals surface area contributed by atoms with Gasteiger partial charge >= 0.3 is 0 Å². The number of benzene rings is 1. The zero-order valence-corrected chi connectivity index (χ0v) is 12.5. The van der Waals surface area contributed by atoms with Crippen LogP contribution in [0.1, 0.15) is 18.5 Å². The van der Waals surface area contributed by atoms with Crippen LogP contribution in [0.4, 0.5) is 14.6 Å². The molecule has 0 spiro atoms. The number of nitrogens with zero attached hydrogens (tertiary/aromatic N) is 3. The molecule has 1 aliphatic rings. The van der Waals surface area contributed by atoms with Gasteiger partial charge in [0.1, 0.15) is 17.5 Å². The molecule has 5 heteroatoms. The van der Waals surface area contributed by atoms with Gasteiger partial charge in [-0.1, -0.05) is 12.1 Å². The van der Waals surface area contributed by atoms with Crippen LogP contribution in [0, 0.1) is 11.6 Å². The van der Waals surface area contributed by atoms with E-state index in [1.54, 1.807) is 12.3 Å². The van der Waals surface area contributed by atoms with Crippen molar-refractivity contribution in [2.75, 3.05) is 31.1 Å². The van der Waals surface area contributed by atoms with Crippen LogP contribution in [0.25, 0.3) is 0 Å². The number of hydrogen-bond donors (Lipinski definition) is 0.